The van der Waals surface area contributed by atoms with Gasteiger partial charge in [0.1, 0.15) is 0 Å². The zero-order valence-electron chi connectivity index (χ0n) is 33.5. The van der Waals surface area contributed by atoms with E-state index in [2.05, 4.69) is 24.5 Å². The van der Waals surface area contributed by atoms with Gasteiger partial charge in [0.15, 0.2) is 0 Å². The molecular formula is C42H88N6O2. The van der Waals surface area contributed by atoms with Crippen molar-refractivity contribution < 1.29 is 9.59 Å². The van der Waals surface area contributed by atoms with Crippen LogP contribution in [-0.4, -0.2) is 49.1 Å². The van der Waals surface area contributed by atoms with Crippen LogP contribution in [0.25, 0.3) is 0 Å². The van der Waals surface area contributed by atoms with Gasteiger partial charge in [-0.2, -0.15) is 0 Å². The zero-order chi connectivity index (χ0) is 36.9. The Hall–Kier alpha value is -1.22. The van der Waals surface area contributed by atoms with E-state index in [4.69, 9.17) is 22.9 Å². The van der Waals surface area contributed by atoms with Crippen LogP contribution < -0.4 is 33.6 Å². The Labute approximate surface area is 310 Å². The molecule has 0 saturated heterocycles. The number of amides is 2. The lowest BCUT2D eigenvalue weighted by Crippen LogP contribution is -2.41. The molecule has 0 spiro atoms. The van der Waals surface area contributed by atoms with E-state index >= 15 is 0 Å². The lowest BCUT2D eigenvalue weighted by atomic mass is 9.97. The lowest BCUT2D eigenvalue weighted by molar-refractivity contribution is -0.122. The van der Waals surface area contributed by atoms with Gasteiger partial charge in [0.2, 0.25) is 11.8 Å². The summed E-state index contributed by atoms with van der Waals surface area (Å²) in [6.07, 6.45) is 36.1. The Morgan fingerprint density at radius 1 is 0.360 bits per heavy atom. The summed E-state index contributed by atoms with van der Waals surface area (Å²) in [5, 5.41) is 6.13. The molecule has 0 aromatic heterocycles. The van der Waals surface area contributed by atoms with Gasteiger partial charge in [0, 0.05) is 50.1 Å². The van der Waals surface area contributed by atoms with E-state index in [1.165, 1.54) is 89.9 Å². The van der Waals surface area contributed by atoms with E-state index in [-0.39, 0.29) is 36.0 Å². The average Bonchev–Trinajstić information content (AvgIpc) is 3.10. The SMILES string of the molecule is CCCCCCCCC(N)C(N)CCCCCCCC(=O)NCCCCCCNC(=O)CCCCCCCC(N)C(N)CCCCCCCC. The number of rotatable bonds is 39. The number of unbranched alkanes of at least 4 members (excludes halogenated alkanes) is 21. The van der Waals surface area contributed by atoms with Crippen molar-refractivity contribution in [2.45, 2.75) is 243 Å². The molecule has 8 heteroatoms. The molecule has 10 N–H and O–H groups in total. The van der Waals surface area contributed by atoms with Gasteiger partial charge >= 0.3 is 0 Å². The first-order chi connectivity index (χ1) is 24.3. The maximum absolute atomic E-state index is 12.1. The third-order valence-corrected chi connectivity index (χ3v) is 10.5. The summed E-state index contributed by atoms with van der Waals surface area (Å²) in [6, 6.07) is 0.498. The molecule has 50 heavy (non-hydrogen) atoms. The van der Waals surface area contributed by atoms with Gasteiger partial charge in [-0.25, -0.2) is 0 Å². The molecule has 0 radical (unpaired) electrons. The summed E-state index contributed by atoms with van der Waals surface area (Å²) in [6.45, 7) is 6.00. The van der Waals surface area contributed by atoms with Gasteiger partial charge < -0.3 is 33.6 Å². The van der Waals surface area contributed by atoms with E-state index in [1.54, 1.807) is 0 Å². The third kappa shape index (κ3) is 33.9. The molecule has 0 aliphatic rings. The standard InChI is InChI=1S/C42H88N6O2/c1-3-5-7-9-13-21-29-37(43)39(45)31-23-15-11-17-25-33-41(49)47-35-27-19-20-28-36-48-42(50)34-26-18-12-16-24-32-40(46)38(44)30-22-14-10-8-6-4-2/h37-40H,3-36,43-46H2,1-2H3,(H,47,49)(H,48,50). The second kappa shape index (κ2) is 37.5. The fourth-order valence-electron chi connectivity index (χ4n) is 6.80. The second-order valence-corrected chi connectivity index (χ2v) is 15.5. The number of hydrogen-bond donors (Lipinski definition) is 6. The Balaban J connectivity index is 3.47. The van der Waals surface area contributed by atoms with Crippen LogP contribution in [0.3, 0.4) is 0 Å². The number of hydrogen-bond acceptors (Lipinski definition) is 6. The molecular weight excluding hydrogens is 621 g/mol. The van der Waals surface area contributed by atoms with Crippen LogP contribution in [0.15, 0.2) is 0 Å². The average molecular weight is 709 g/mol. The summed E-state index contributed by atoms with van der Waals surface area (Å²) in [7, 11) is 0. The fraction of sp³-hybridized carbons (Fsp3) is 0.952. The van der Waals surface area contributed by atoms with Crippen molar-refractivity contribution in [1.82, 2.24) is 10.6 Å². The van der Waals surface area contributed by atoms with Crippen LogP contribution >= 0.6 is 0 Å². The molecule has 0 heterocycles. The van der Waals surface area contributed by atoms with Crippen LogP contribution in [0.4, 0.5) is 0 Å². The summed E-state index contributed by atoms with van der Waals surface area (Å²) in [5.74, 6) is 0.345. The first kappa shape index (κ1) is 48.8. The molecule has 8 nitrogen and oxygen atoms in total. The molecule has 0 fully saturated rings. The predicted octanol–water partition coefficient (Wildman–Crippen LogP) is 9.05. The molecule has 4 atom stereocenters. The minimum atomic E-state index is 0.117. The largest absolute Gasteiger partial charge is 0.356 e. The molecule has 0 aliphatic heterocycles. The van der Waals surface area contributed by atoms with Gasteiger partial charge in [-0.3, -0.25) is 9.59 Å². The van der Waals surface area contributed by atoms with Gasteiger partial charge in [-0.15, -0.1) is 0 Å². The van der Waals surface area contributed by atoms with E-state index in [0.717, 1.165) is 116 Å². The van der Waals surface area contributed by atoms with E-state index in [0.29, 0.717) is 12.8 Å². The molecule has 0 rings (SSSR count). The Kier molecular flexibility index (Phi) is 36.6. The van der Waals surface area contributed by atoms with Crippen molar-refractivity contribution in [3.05, 3.63) is 0 Å². The minimum absolute atomic E-state index is 0.117. The maximum atomic E-state index is 12.1. The highest BCUT2D eigenvalue weighted by molar-refractivity contribution is 5.76. The summed E-state index contributed by atoms with van der Waals surface area (Å²) >= 11 is 0. The molecule has 0 bridgehead atoms. The van der Waals surface area contributed by atoms with Crippen LogP contribution in [0.2, 0.25) is 0 Å². The molecule has 0 aromatic rings. The van der Waals surface area contributed by atoms with Crippen LogP contribution in [0, 0.1) is 0 Å². The Morgan fingerprint density at radius 3 is 0.900 bits per heavy atom. The highest BCUT2D eigenvalue weighted by atomic mass is 16.2. The van der Waals surface area contributed by atoms with Crippen molar-refractivity contribution in [2.75, 3.05) is 13.1 Å². The minimum Gasteiger partial charge on any atom is -0.356 e. The molecule has 298 valence electrons. The van der Waals surface area contributed by atoms with Gasteiger partial charge in [0.05, 0.1) is 0 Å². The molecule has 4 unspecified atom stereocenters. The van der Waals surface area contributed by atoms with E-state index < -0.39 is 0 Å². The smallest absolute Gasteiger partial charge is 0.219 e. The first-order valence-corrected chi connectivity index (χ1v) is 21.9. The summed E-state index contributed by atoms with van der Waals surface area (Å²) in [5.41, 5.74) is 25.3. The third-order valence-electron chi connectivity index (χ3n) is 10.5. The molecule has 0 saturated carbocycles. The lowest BCUT2D eigenvalue weighted by Gasteiger charge is -2.19. The van der Waals surface area contributed by atoms with Crippen LogP contribution in [0.5, 0.6) is 0 Å². The summed E-state index contributed by atoms with van der Waals surface area (Å²) in [4.78, 5) is 24.3. The van der Waals surface area contributed by atoms with Crippen LogP contribution in [0.1, 0.15) is 219 Å². The number of carbonyl (C=O) groups is 2. The van der Waals surface area contributed by atoms with Gasteiger partial charge in [-0.05, 0) is 51.4 Å². The van der Waals surface area contributed by atoms with Crippen LogP contribution in [-0.2, 0) is 9.59 Å². The number of nitrogens with one attached hydrogen (secondary N) is 2. The van der Waals surface area contributed by atoms with Crippen molar-refractivity contribution in [3.8, 4) is 0 Å². The number of nitrogens with two attached hydrogens (primary N) is 4. The first-order valence-electron chi connectivity index (χ1n) is 21.9. The van der Waals surface area contributed by atoms with Crippen molar-refractivity contribution in [3.63, 3.8) is 0 Å². The fourth-order valence-corrected chi connectivity index (χ4v) is 6.80. The molecule has 0 aromatic carbocycles. The monoisotopic (exact) mass is 709 g/mol. The quantitative estimate of drug-likeness (QED) is 0.0349. The maximum Gasteiger partial charge on any atom is 0.219 e. The van der Waals surface area contributed by atoms with E-state index in [1.807, 2.05) is 0 Å². The number of carbonyl (C=O) groups excluding carboxylic acids is 2. The van der Waals surface area contributed by atoms with Crippen molar-refractivity contribution >= 4 is 11.8 Å². The topological polar surface area (TPSA) is 162 Å². The van der Waals surface area contributed by atoms with Crippen molar-refractivity contribution in [1.29, 1.82) is 0 Å². The molecule has 2 amide bonds. The van der Waals surface area contributed by atoms with Gasteiger partial charge in [-0.1, -0.05) is 155 Å². The highest BCUT2D eigenvalue weighted by Gasteiger charge is 2.13. The predicted molar refractivity (Wildman–Crippen MR) is 217 cm³/mol. The second-order valence-electron chi connectivity index (χ2n) is 15.5. The zero-order valence-corrected chi connectivity index (χ0v) is 33.5. The summed E-state index contributed by atoms with van der Waals surface area (Å²) < 4.78 is 0. The Bertz CT molecular complexity index is 679. The normalized spacial score (nSPS) is 14.0. The van der Waals surface area contributed by atoms with Gasteiger partial charge in [0.25, 0.3) is 0 Å². The van der Waals surface area contributed by atoms with Crippen molar-refractivity contribution in [2.24, 2.45) is 22.9 Å². The molecule has 0 aliphatic carbocycles. The highest BCUT2D eigenvalue weighted by Crippen LogP contribution is 2.15. The Morgan fingerprint density at radius 2 is 0.600 bits per heavy atom. The van der Waals surface area contributed by atoms with E-state index in [9.17, 15) is 9.59 Å².